The van der Waals surface area contributed by atoms with Crippen molar-refractivity contribution in [3.8, 4) is 0 Å². The SMILES string of the molecule is Clc1cnccc1CSc1cccc(CNC2CC2)c1. The summed E-state index contributed by atoms with van der Waals surface area (Å²) in [4.78, 5) is 5.30. The van der Waals surface area contributed by atoms with Crippen LogP contribution in [0.1, 0.15) is 24.0 Å². The van der Waals surface area contributed by atoms with Crippen molar-refractivity contribution in [1.29, 1.82) is 0 Å². The largest absolute Gasteiger partial charge is 0.310 e. The molecule has 1 saturated carbocycles. The molecule has 1 aromatic heterocycles. The van der Waals surface area contributed by atoms with Crippen LogP contribution in [-0.2, 0) is 12.3 Å². The van der Waals surface area contributed by atoms with Gasteiger partial charge in [0.25, 0.3) is 0 Å². The molecule has 4 heteroatoms. The third-order valence-corrected chi connectivity index (χ3v) is 4.70. The van der Waals surface area contributed by atoms with Crippen LogP contribution >= 0.6 is 23.4 Å². The van der Waals surface area contributed by atoms with Gasteiger partial charge in [-0.05, 0) is 42.2 Å². The Hall–Kier alpha value is -1.03. The number of rotatable bonds is 6. The highest BCUT2D eigenvalue weighted by Crippen LogP contribution is 2.27. The topological polar surface area (TPSA) is 24.9 Å². The number of hydrogen-bond acceptors (Lipinski definition) is 3. The lowest BCUT2D eigenvalue weighted by molar-refractivity contribution is 0.687. The van der Waals surface area contributed by atoms with E-state index in [1.165, 1.54) is 23.3 Å². The minimum Gasteiger partial charge on any atom is -0.310 e. The van der Waals surface area contributed by atoms with Crippen LogP contribution in [0.25, 0.3) is 0 Å². The van der Waals surface area contributed by atoms with Gasteiger partial charge in [0.15, 0.2) is 0 Å². The van der Waals surface area contributed by atoms with E-state index < -0.39 is 0 Å². The first kappa shape index (κ1) is 13.9. The van der Waals surface area contributed by atoms with Gasteiger partial charge >= 0.3 is 0 Å². The van der Waals surface area contributed by atoms with Gasteiger partial charge in [-0.15, -0.1) is 11.8 Å². The molecule has 104 valence electrons. The Morgan fingerprint density at radius 2 is 2.20 bits per heavy atom. The van der Waals surface area contributed by atoms with Crippen LogP contribution in [0, 0.1) is 0 Å². The van der Waals surface area contributed by atoms with Crippen molar-refractivity contribution in [3.63, 3.8) is 0 Å². The standard InChI is InChI=1S/C16H17ClN2S/c17-16-10-18-7-6-13(16)11-20-15-3-1-2-12(8-15)9-19-14-4-5-14/h1-3,6-8,10,14,19H,4-5,9,11H2. The molecule has 3 rings (SSSR count). The minimum atomic E-state index is 0.742. The van der Waals surface area contributed by atoms with Crippen molar-refractivity contribution in [3.05, 3.63) is 58.9 Å². The number of pyridine rings is 1. The average Bonchev–Trinajstić information content (AvgIpc) is 3.29. The highest BCUT2D eigenvalue weighted by molar-refractivity contribution is 7.98. The predicted octanol–water partition coefficient (Wildman–Crippen LogP) is 4.28. The summed E-state index contributed by atoms with van der Waals surface area (Å²) in [5.74, 6) is 0.876. The van der Waals surface area contributed by atoms with Crippen molar-refractivity contribution in [2.45, 2.75) is 36.1 Å². The molecule has 0 aliphatic heterocycles. The summed E-state index contributed by atoms with van der Waals surface area (Å²) in [6.07, 6.45) is 6.15. The van der Waals surface area contributed by atoms with Gasteiger partial charge in [0.05, 0.1) is 5.02 Å². The number of aromatic nitrogens is 1. The maximum absolute atomic E-state index is 6.13. The third-order valence-electron chi connectivity index (χ3n) is 3.32. The molecule has 0 radical (unpaired) electrons. The lowest BCUT2D eigenvalue weighted by atomic mass is 10.2. The summed E-state index contributed by atoms with van der Waals surface area (Å²) < 4.78 is 0. The van der Waals surface area contributed by atoms with Crippen LogP contribution in [0.4, 0.5) is 0 Å². The predicted molar refractivity (Wildman–Crippen MR) is 85.1 cm³/mol. The maximum Gasteiger partial charge on any atom is 0.0629 e. The Morgan fingerprint density at radius 3 is 3.00 bits per heavy atom. The van der Waals surface area contributed by atoms with Crippen LogP contribution in [0.3, 0.4) is 0 Å². The highest BCUT2D eigenvalue weighted by Gasteiger charge is 2.19. The molecule has 1 heterocycles. The van der Waals surface area contributed by atoms with Gasteiger partial charge in [-0.3, -0.25) is 4.98 Å². The van der Waals surface area contributed by atoms with Gasteiger partial charge in [-0.2, -0.15) is 0 Å². The lowest BCUT2D eigenvalue weighted by Gasteiger charge is -2.07. The normalized spacial score (nSPS) is 14.4. The first-order valence-electron chi connectivity index (χ1n) is 6.85. The van der Waals surface area contributed by atoms with E-state index in [-0.39, 0.29) is 0 Å². The Labute approximate surface area is 129 Å². The van der Waals surface area contributed by atoms with Gasteiger partial charge in [0.2, 0.25) is 0 Å². The Kier molecular flexibility index (Phi) is 4.61. The van der Waals surface area contributed by atoms with Crippen LogP contribution in [0.15, 0.2) is 47.6 Å². The summed E-state index contributed by atoms with van der Waals surface area (Å²) in [6.45, 7) is 0.967. The maximum atomic E-state index is 6.13. The monoisotopic (exact) mass is 304 g/mol. The minimum absolute atomic E-state index is 0.742. The summed E-state index contributed by atoms with van der Waals surface area (Å²) in [6, 6.07) is 11.4. The zero-order valence-corrected chi connectivity index (χ0v) is 12.8. The van der Waals surface area contributed by atoms with Gasteiger partial charge in [-0.25, -0.2) is 0 Å². The number of hydrogen-bond donors (Lipinski definition) is 1. The van der Waals surface area contributed by atoms with E-state index in [9.17, 15) is 0 Å². The number of nitrogens with one attached hydrogen (secondary N) is 1. The molecule has 1 N–H and O–H groups in total. The fourth-order valence-corrected chi connectivity index (χ4v) is 3.23. The average molecular weight is 305 g/mol. The van der Waals surface area contributed by atoms with E-state index in [2.05, 4.69) is 34.6 Å². The summed E-state index contributed by atoms with van der Waals surface area (Å²) in [5, 5.41) is 4.29. The molecule has 2 aromatic rings. The smallest absolute Gasteiger partial charge is 0.0629 e. The van der Waals surface area contributed by atoms with E-state index in [1.54, 1.807) is 12.4 Å². The fourth-order valence-electron chi connectivity index (χ4n) is 1.98. The van der Waals surface area contributed by atoms with E-state index in [4.69, 9.17) is 11.6 Å². The van der Waals surface area contributed by atoms with E-state index in [1.807, 2.05) is 17.8 Å². The highest BCUT2D eigenvalue weighted by atomic mass is 35.5. The molecular weight excluding hydrogens is 288 g/mol. The van der Waals surface area contributed by atoms with Crippen LogP contribution in [-0.4, -0.2) is 11.0 Å². The van der Waals surface area contributed by atoms with Gasteiger partial charge in [0.1, 0.15) is 0 Å². The van der Waals surface area contributed by atoms with E-state index in [0.717, 1.165) is 28.9 Å². The van der Waals surface area contributed by atoms with Crippen molar-refractivity contribution in [2.24, 2.45) is 0 Å². The molecular formula is C16H17ClN2S. The molecule has 1 aliphatic carbocycles. The van der Waals surface area contributed by atoms with Crippen LogP contribution in [0.2, 0.25) is 5.02 Å². The number of thioether (sulfide) groups is 1. The first-order chi connectivity index (χ1) is 9.81. The second-order valence-corrected chi connectivity index (χ2v) is 6.51. The van der Waals surface area contributed by atoms with E-state index in [0.29, 0.717) is 0 Å². The second kappa shape index (κ2) is 6.61. The Bertz CT molecular complexity index is 584. The van der Waals surface area contributed by atoms with Crippen LogP contribution < -0.4 is 5.32 Å². The number of halogens is 1. The first-order valence-corrected chi connectivity index (χ1v) is 8.21. The van der Waals surface area contributed by atoms with Crippen LogP contribution in [0.5, 0.6) is 0 Å². The summed E-state index contributed by atoms with van der Waals surface area (Å²) in [7, 11) is 0. The van der Waals surface area contributed by atoms with E-state index >= 15 is 0 Å². The van der Waals surface area contributed by atoms with Crippen molar-refractivity contribution in [1.82, 2.24) is 10.3 Å². The van der Waals surface area contributed by atoms with Gasteiger partial charge < -0.3 is 5.32 Å². The second-order valence-electron chi connectivity index (χ2n) is 5.06. The molecule has 20 heavy (non-hydrogen) atoms. The quantitative estimate of drug-likeness (QED) is 0.806. The van der Waals surface area contributed by atoms with Crippen molar-refractivity contribution >= 4 is 23.4 Å². The van der Waals surface area contributed by atoms with Crippen molar-refractivity contribution < 1.29 is 0 Å². The molecule has 0 spiro atoms. The van der Waals surface area contributed by atoms with Crippen molar-refractivity contribution in [2.75, 3.05) is 0 Å². The molecule has 0 atom stereocenters. The zero-order chi connectivity index (χ0) is 13.8. The molecule has 0 unspecified atom stereocenters. The summed E-state index contributed by atoms with van der Waals surface area (Å²) in [5.41, 5.74) is 2.48. The Balaban J connectivity index is 1.59. The molecule has 1 aromatic carbocycles. The lowest BCUT2D eigenvalue weighted by Crippen LogP contribution is -2.15. The third kappa shape index (κ3) is 3.98. The number of benzene rings is 1. The molecule has 0 saturated heterocycles. The Morgan fingerprint density at radius 1 is 1.30 bits per heavy atom. The van der Waals surface area contributed by atoms with Gasteiger partial charge in [-0.1, -0.05) is 23.7 Å². The molecule has 1 aliphatic rings. The molecule has 1 fully saturated rings. The fraction of sp³-hybridized carbons (Fsp3) is 0.312. The molecule has 0 bridgehead atoms. The summed E-state index contributed by atoms with van der Waals surface area (Å²) >= 11 is 7.94. The van der Waals surface area contributed by atoms with Gasteiger partial charge in [0, 0.05) is 35.6 Å². The molecule has 2 nitrogen and oxygen atoms in total. The zero-order valence-electron chi connectivity index (χ0n) is 11.2. The molecule has 0 amide bonds. The number of nitrogens with zero attached hydrogens (tertiary/aromatic N) is 1.